The van der Waals surface area contributed by atoms with Gasteiger partial charge in [0.25, 0.3) is 0 Å². The molecule has 3 N–H and O–H groups in total. The fourth-order valence-electron chi connectivity index (χ4n) is 3.08. The lowest BCUT2D eigenvalue weighted by Gasteiger charge is -2.28. The van der Waals surface area contributed by atoms with Crippen molar-refractivity contribution in [1.82, 2.24) is 20.9 Å². The first-order valence-electron chi connectivity index (χ1n) is 9.61. The van der Waals surface area contributed by atoms with Gasteiger partial charge in [-0.3, -0.25) is 4.79 Å². The Hall–Kier alpha value is -1.88. The maximum Gasteiger partial charge on any atom is 0.239 e. The lowest BCUT2D eigenvalue weighted by atomic mass is 10.2. The summed E-state index contributed by atoms with van der Waals surface area (Å²) in [6.45, 7) is 10.2. The third-order valence-electron chi connectivity index (χ3n) is 4.52. The van der Waals surface area contributed by atoms with Gasteiger partial charge in [0.15, 0.2) is 5.96 Å². The van der Waals surface area contributed by atoms with E-state index in [9.17, 15) is 4.79 Å². The predicted octanol–water partition coefficient (Wildman–Crippen LogP) is 2.57. The first kappa shape index (κ1) is 23.4. The Morgan fingerprint density at radius 3 is 2.66 bits per heavy atom. The molecule has 29 heavy (non-hydrogen) atoms. The zero-order chi connectivity index (χ0) is 19.9. The van der Waals surface area contributed by atoms with Crippen molar-refractivity contribution in [2.75, 3.05) is 31.1 Å². The molecule has 0 bridgehead atoms. The minimum Gasteiger partial charge on any atom is -0.360 e. The fourth-order valence-corrected chi connectivity index (χ4v) is 3.96. The van der Waals surface area contributed by atoms with Gasteiger partial charge in [-0.1, -0.05) is 12.1 Å². The lowest BCUT2D eigenvalue weighted by molar-refractivity contribution is -0.120. The first-order valence-corrected chi connectivity index (χ1v) is 10.4. The molecule has 7 nitrogen and oxygen atoms in total. The molecule has 1 aliphatic heterocycles. The molecule has 1 aromatic carbocycles. The summed E-state index contributed by atoms with van der Waals surface area (Å²) >= 11 is 1.71. The summed E-state index contributed by atoms with van der Waals surface area (Å²) in [6.07, 6.45) is 0. The van der Waals surface area contributed by atoms with Gasteiger partial charge in [-0.05, 0) is 38.5 Å². The number of hydrogen-bond acceptors (Lipinski definition) is 5. The predicted molar refractivity (Wildman–Crippen MR) is 130 cm³/mol. The standard InChI is InChI=1S/C20H28N6OS.HI/c1-4-21-20(24-12-18-14(2)25-15(3)28-18)23-11-16-5-7-17(8-6-16)26-10-9-22-19(27)13-26;/h5-8H,4,9-13H2,1-3H3,(H,22,27)(H2,21,23,24);1H. The molecule has 0 saturated carbocycles. The number of halogens is 1. The number of aryl methyl sites for hydroxylation is 2. The van der Waals surface area contributed by atoms with Crippen LogP contribution in [-0.4, -0.2) is 43.0 Å². The molecular weight excluding hydrogens is 499 g/mol. The highest BCUT2D eigenvalue weighted by Crippen LogP contribution is 2.17. The van der Waals surface area contributed by atoms with Crippen molar-refractivity contribution in [3.05, 3.63) is 45.4 Å². The van der Waals surface area contributed by atoms with E-state index in [0.717, 1.165) is 47.5 Å². The number of thiazole rings is 1. The fraction of sp³-hybridized carbons (Fsp3) is 0.450. The molecule has 1 aliphatic rings. The summed E-state index contributed by atoms with van der Waals surface area (Å²) < 4.78 is 0. The Kier molecular flexibility index (Phi) is 9.15. The average molecular weight is 528 g/mol. The molecule has 0 radical (unpaired) electrons. The van der Waals surface area contributed by atoms with E-state index in [1.54, 1.807) is 11.3 Å². The zero-order valence-electron chi connectivity index (χ0n) is 17.1. The SMILES string of the molecule is CCNC(=NCc1ccc(N2CCNC(=O)C2)cc1)NCc1sc(C)nc1C.I. The molecule has 1 amide bonds. The Morgan fingerprint density at radius 2 is 2.03 bits per heavy atom. The van der Waals surface area contributed by atoms with Crippen LogP contribution < -0.4 is 20.9 Å². The van der Waals surface area contributed by atoms with Gasteiger partial charge in [0.05, 0.1) is 30.3 Å². The van der Waals surface area contributed by atoms with Gasteiger partial charge in [0, 0.05) is 30.2 Å². The van der Waals surface area contributed by atoms with Crippen LogP contribution in [0.4, 0.5) is 5.69 Å². The van der Waals surface area contributed by atoms with Crippen LogP contribution in [0.5, 0.6) is 0 Å². The number of anilines is 1. The molecule has 0 unspecified atom stereocenters. The number of carbonyl (C=O) groups excluding carboxylic acids is 1. The lowest BCUT2D eigenvalue weighted by Crippen LogP contribution is -2.47. The quantitative estimate of drug-likeness (QED) is 0.305. The number of aromatic nitrogens is 1. The number of amides is 1. The second-order valence-electron chi connectivity index (χ2n) is 6.73. The van der Waals surface area contributed by atoms with Crippen LogP contribution >= 0.6 is 35.3 Å². The van der Waals surface area contributed by atoms with E-state index in [1.165, 1.54) is 4.88 Å². The number of guanidine groups is 1. The summed E-state index contributed by atoms with van der Waals surface area (Å²) in [5.74, 6) is 0.873. The van der Waals surface area contributed by atoms with Crippen LogP contribution in [-0.2, 0) is 17.9 Å². The Morgan fingerprint density at radius 1 is 1.28 bits per heavy atom. The number of nitrogens with zero attached hydrogens (tertiary/aromatic N) is 3. The van der Waals surface area contributed by atoms with Crippen LogP contribution in [0.1, 0.15) is 28.1 Å². The Bertz CT molecular complexity index is 836. The molecule has 0 spiro atoms. The van der Waals surface area contributed by atoms with Gasteiger partial charge >= 0.3 is 0 Å². The highest BCUT2D eigenvalue weighted by atomic mass is 127. The maximum atomic E-state index is 11.6. The van der Waals surface area contributed by atoms with E-state index < -0.39 is 0 Å². The topological polar surface area (TPSA) is 81.7 Å². The maximum absolute atomic E-state index is 11.6. The van der Waals surface area contributed by atoms with Gasteiger partial charge in [-0.2, -0.15) is 0 Å². The summed E-state index contributed by atoms with van der Waals surface area (Å²) in [6, 6.07) is 8.28. The van der Waals surface area contributed by atoms with Gasteiger partial charge < -0.3 is 20.9 Å². The van der Waals surface area contributed by atoms with Crippen molar-refractivity contribution in [1.29, 1.82) is 0 Å². The van der Waals surface area contributed by atoms with E-state index in [0.29, 0.717) is 19.6 Å². The van der Waals surface area contributed by atoms with E-state index in [-0.39, 0.29) is 29.9 Å². The highest BCUT2D eigenvalue weighted by Gasteiger charge is 2.16. The van der Waals surface area contributed by atoms with Crippen molar-refractivity contribution < 1.29 is 4.79 Å². The first-order chi connectivity index (χ1) is 13.5. The Balaban J connectivity index is 0.00000300. The molecule has 0 aliphatic carbocycles. The largest absolute Gasteiger partial charge is 0.360 e. The second-order valence-corrected chi connectivity index (χ2v) is 8.02. The minimum absolute atomic E-state index is 0. The number of rotatable bonds is 6. The van der Waals surface area contributed by atoms with Crippen LogP contribution in [0.3, 0.4) is 0 Å². The summed E-state index contributed by atoms with van der Waals surface area (Å²) in [5, 5.41) is 10.6. The van der Waals surface area contributed by atoms with Crippen molar-refractivity contribution >= 4 is 52.9 Å². The van der Waals surface area contributed by atoms with Crippen molar-refractivity contribution in [2.24, 2.45) is 4.99 Å². The molecule has 3 rings (SSSR count). The van der Waals surface area contributed by atoms with E-state index in [2.05, 4.69) is 57.0 Å². The van der Waals surface area contributed by atoms with Crippen LogP contribution in [0.25, 0.3) is 0 Å². The number of carbonyl (C=O) groups is 1. The van der Waals surface area contributed by atoms with Gasteiger partial charge in [-0.15, -0.1) is 35.3 Å². The summed E-state index contributed by atoms with van der Waals surface area (Å²) in [5.41, 5.74) is 3.28. The number of aliphatic imine (C=N–C) groups is 1. The summed E-state index contributed by atoms with van der Waals surface area (Å²) in [4.78, 5) is 24.0. The van der Waals surface area contributed by atoms with Crippen molar-refractivity contribution in [2.45, 2.75) is 33.9 Å². The minimum atomic E-state index is 0. The molecule has 1 saturated heterocycles. The van der Waals surface area contributed by atoms with Gasteiger partial charge in [0.2, 0.25) is 5.91 Å². The molecule has 0 atom stereocenters. The van der Waals surface area contributed by atoms with E-state index in [1.807, 2.05) is 13.8 Å². The number of benzene rings is 1. The molecular formula is C20H29IN6OS. The third kappa shape index (κ3) is 6.84. The number of nitrogens with one attached hydrogen (secondary N) is 3. The third-order valence-corrected chi connectivity index (χ3v) is 5.59. The van der Waals surface area contributed by atoms with Crippen molar-refractivity contribution in [3.8, 4) is 0 Å². The van der Waals surface area contributed by atoms with E-state index >= 15 is 0 Å². The molecule has 158 valence electrons. The van der Waals surface area contributed by atoms with Gasteiger partial charge in [-0.25, -0.2) is 9.98 Å². The Labute approximate surface area is 193 Å². The highest BCUT2D eigenvalue weighted by molar-refractivity contribution is 14.0. The summed E-state index contributed by atoms with van der Waals surface area (Å²) in [7, 11) is 0. The normalized spacial score (nSPS) is 14.2. The molecule has 2 aromatic rings. The second kappa shape index (κ2) is 11.3. The molecule has 9 heteroatoms. The average Bonchev–Trinajstić information content (AvgIpc) is 3.01. The number of hydrogen-bond donors (Lipinski definition) is 3. The van der Waals surface area contributed by atoms with Crippen molar-refractivity contribution in [3.63, 3.8) is 0 Å². The van der Waals surface area contributed by atoms with Crippen LogP contribution in [0, 0.1) is 13.8 Å². The monoisotopic (exact) mass is 528 g/mol. The zero-order valence-corrected chi connectivity index (χ0v) is 20.3. The molecule has 2 heterocycles. The molecule has 1 aromatic heterocycles. The van der Waals surface area contributed by atoms with Gasteiger partial charge in [0.1, 0.15) is 0 Å². The smallest absolute Gasteiger partial charge is 0.239 e. The number of piperazine rings is 1. The molecule has 1 fully saturated rings. The van der Waals surface area contributed by atoms with E-state index in [4.69, 9.17) is 4.99 Å². The van der Waals surface area contributed by atoms with Crippen LogP contribution in [0.15, 0.2) is 29.3 Å². The van der Waals surface area contributed by atoms with Crippen LogP contribution in [0.2, 0.25) is 0 Å².